The van der Waals surface area contributed by atoms with Crippen LogP contribution in [0.4, 0.5) is 5.82 Å². The van der Waals surface area contributed by atoms with Crippen molar-refractivity contribution in [2.45, 2.75) is 25.9 Å². The summed E-state index contributed by atoms with van der Waals surface area (Å²) >= 11 is 0. The number of fused-ring (bicyclic) bond motifs is 1. The highest BCUT2D eigenvalue weighted by Crippen LogP contribution is 2.18. The Balaban J connectivity index is 1.55. The van der Waals surface area contributed by atoms with Crippen molar-refractivity contribution >= 4 is 5.82 Å². The first kappa shape index (κ1) is 17.0. The molecule has 1 aliphatic heterocycles. The van der Waals surface area contributed by atoms with Gasteiger partial charge in [0, 0.05) is 44.2 Å². The molecule has 0 bridgehead atoms. The zero-order chi connectivity index (χ0) is 16.9. The summed E-state index contributed by atoms with van der Waals surface area (Å²) in [5.74, 6) is 1.72. The van der Waals surface area contributed by atoms with Gasteiger partial charge in [-0.05, 0) is 33.0 Å². The van der Waals surface area contributed by atoms with Crippen molar-refractivity contribution in [3.8, 4) is 0 Å². The number of nitrogens with one attached hydrogen (secondary N) is 2. The largest absolute Gasteiger partial charge is 0.370 e. The summed E-state index contributed by atoms with van der Waals surface area (Å²) < 4.78 is 2.10. The number of hydrogen-bond acceptors (Lipinski definition) is 4. The van der Waals surface area contributed by atoms with Crippen LogP contribution in [0.15, 0.2) is 36.4 Å². The second-order valence-corrected chi connectivity index (χ2v) is 7.16. The lowest BCUT2D eigenvalue weighted by atomic mass is 10.0. The van der Waals surface area contributed by atoms with Crippen molar-refractivity contribution in [3.63, 3.8) is 0 Å². The molecule has 3 rings (SSSR count). The van der Waals surface area contributed by atoms with Crippen LogP contribution in [0.1, 0.15) is 11.3 Å². The fourth-order valence-electron chi connectivity index (χ4n) is 3.40. The van der Waals surface area contributed by atoms with Crippen LogP contribution >= 0.6 is 0 Å². The molecule has 5 nitrogen and oxygen atoms in total. The smallest absolute Gasteiger partial charge is 0.124 e. The molecule has 1 aliphatic rings. The van der Waals surface area contributed by atoms with E-state index < -0.39 is 0 Å². The molecule has 130 valence electrons. The first-order valence-electron chi connectivity index (χ1n) is 8.80. The number of rotatable bonds is 7. The highest BCUT2D eigenvalue weighted by Gasteiger charge is 2.20. The standard InChI is InChI=1S/C19H29N5/c1-15-9-19-21-12-17(13-24(19)22-15)11-20-18(14-23(2)3)10-16-7-5-4-6-8-16/h4-9,17-18,20-21H,10-14H2,1-3H3. The van der Waals surface area contributed by atoms with Crippen LogP contribution in [0, 0.1) is 12.8 Å². The average molecular weight is 327 g/mol. The third kappa shape index (κ3) is 4.58. The lowest BCUT2D eigenvalue weighted by molar-refractivity contribution is 0.309. The lowest BCUT2D eigenvalue weighted by Crippen LogP contribution is -2.44. The van der Waals surface area contributed by atoms with Gasteiger partial charge >= 0.3 is 0 Å². The zero-order valence-corrected chi connectivity index (χ0v) is 15.0. The van der Waals surface area contributed by atoms with E-state index in [0.29, 0.717) is 12.0 Å². The van der Waals surface area contributed by atoms with Crippen molar-refractivity contribution < 1.29 is 0 Å². The molecule has 0 saturated carbocycles. The van der Waals surface area contributed by atoms with E-state index in [1.165, 1.54) is 5.56 Å². The van der Waals surface area contributed by atoms with Gasteiger partial charge in [-0.15, -0.1) is 0 Å². The number of hydrogen-bond donors (Lipinski definition) is 2. The fourth-order valence-corrected chi connectivity index (χ4v) is 3.40. The molecule has 2 atom stereocenters. The maximum absolute atomic E-state index is 4.56. The molecule has 24 heavy (non-hydrogen) atoms. The third-order valence-corrected chi connectivity index (χ3v) is 4.51. The molecule has 2 unspecified atom stereocenters. The Kier molecular flexibility index (Phi) is 5.53. The second kappa shape index (κ2) is 7.81. The maximum atomic E-state index is 4.56. The van der Waals surface area contributed by atoms with E-state index >= 15 is 0 Å². The van der Waals surface area contributed by atoms with Crippen molar-refractivity contribution in [3.05, 3.63) is 47.7 Å². The Morgan fingerprint density at radius 2 is 2.12 bits per heavy atom. The van der Waals surface area contributed by atoms with E-state index in [9.17, 15) is 0 Å². The van der Waals surface area contributed by atoms with E-state index in [1.807, 2.05) is 6.92 Å². The van der Waals surface area contributed by atoms with Crippen molar-refractivity contribution in [1.29, 1.82) is 0 Å². The Labute approximate surface area is 145 Å². The van der Waals surface area contributed by atoms with Gasteiger partial charge in [0.1, 0.15) is 5.82 Å². The van der Waals surface area contributed by atoms with Gasteiger partial charge in [0.2, 0.25) is 0 Å². The van der Waals surface area contributed by atoms with Crippen LogP contribution in [-0.4, -0.2) is 54.5 Å². The molecule has 0 spiro atoms. The number of benzene rings is 1. The zero-order valence-electron chi connectivity index (χ0n) is 15.0. The summed E-state index contributed by atoms with van der Waals surface area (Å²) in [7, 11) is 4.28. The van der Waals surface area contributed by atoms with Gasteiger partial charge in [0.05, 0.1) is 5.69 Å². The lowest BCUT2D eigenvalue weighted by Gasteiger charge is -2.28. The molecule has 0 fully saturated rings. The summed E-state index contributed by atoms with van der Waals surface area (Å²) in [4.78, 5) is 2.26. The molecule has 0 aliphatic carbocycles. The average Bonchev–Trinajstić information content (AvgIpc) is 2.92. The molecule has 0 amide bonds. The van der Waals surface area contributed by atoms with Gasteiger partial charge in [-0.3, -0.25) is 0 Å². The third-order valence-electron chi connectivity index (χ3n) is 4.51. The summed E-state index contributed by atoms with van der Waals surface area (Å²) in [5.41, 5.74) is 2.48. The van der Waals surface area contributed by atoms with Gasteiger partial charge < -0.3 is 15.5 Å². The quantitative estimate of drug-likeness (QED) is 0.816. The number of aryl methyl sites for hydroxylation is 1. The van der Waals surface area contributed by atoms with Crippen LogP contribution in [0.25, 0.3) is 0 Å². The summed E-state index contributed by atoms with van der Waals surface area (Å²) in [6, 6.07) is 13.3. The predicted molar refractivity (Wildman–Crippen MR) is 99.4 cm³/mol. The Morgan fingerprint density at radius 1 is 1.33 bits per heavy atom. The molecule has 5 heteroatoms. The Bertz CT molecular complexity index is 634. The van der Waals surface area contributed by atoms with Gasteiger partial charge in [0.15, 0.2) is 0 Å². The number of nitrogens with zero attached hydrogens (tertiary/aromatic N) is 3. The van der Waals surface area contributed by atoms with Crippen molar-refractivity contribution in [1.82, 2.24) is 20.0 Å². The van der Waals surface area contributed by atoms with E-state index in [0.717, 1.165) is 44.1 Å². The van der Waals surface area contributed by atoms with Crippen molar-refractivity contribution in [2.24, 2.45) is 5.92 Å². The molecule has 1 aromatic carbocycles. The number of aromatic nitrogens is 2. The minimum Gasteiger partial charge on any atom is -0.370 e. The number of anilines is 1. The van der Waals surface area contributed by atoms with E-state index in [-0.39, 0.29) is 0 Å². The minimum atomic E-state index is 0.461. The summed E-state index contributed by atoms with van der Waals surface area (Å²) in [5, 5.41) is 11.8. The molecule has 2 N–H and O–H groups in total. The van der Waals surface area contributed by atoms with Gasteiger partial charge in [-0.2, -0.15) is 5.10 Å². The van der Waals surface area contributed by atoms with Crippen LogP contribution < -0.4 is 10.6 Å². The van der Waals surface area contributed by atoms with E-state index in [1.54, 1.807) is 0 Å². The minimum absolute atomic E-state index is 0.461. The van der Waals surface area contributed by atoms with Crippen LogP contribution in [0.3, 0.4) is 0 Å². The van der Waals surface area contributed by atoms with E-state index in [2.05, 4.69) is 75.8 Å². The first-order chi connectivity index (χ1) is 11.6. The predicted octanol–water partition coefficient (Wildman–Crippen LogP) is 2.00. The second-order valence-electron chi connectivity index (χ2n) is 7.16. The fraction of sp³-hybridized carbons (Fsp3) is 0.526. The SMILES string of the molecule is Cc1cc2n(n1)CC(CNC(Cc1ccccc1)CN(C)C)CN2. The van der Waals surface area contributed by atoms with Crippen LogP contribution in [0.2, 0.25) is 0 Å². The van der Waals surface area contributed by atoms with E-state index in [4.69, 9.17) is 0 Å². The van der Waals surface area contributed by atoms with Crippen molar-refractivity contribution in [2.75, 3.05) is 39.0 Å². The topological polar surface area (TPSA) is 45.1 Å². The normalized spacial score (nSPS) is 18.2. The maximum Gasteiger partial charge on any atom is 0.124 e. The van der Waals surface area contributed by atoms with Crippen LogP contribution in [0.5, 0.6) is 0 Å². The molecular weight excluding hydrogens is 298 g/mol. The first-order valence-corrected chi connectivity index (χ1v) is 8.80. The monoisotopic (exact) mass is 327 g/mol. The van der Waals surface area contributed by atoms with Gasteiger partial charge in [0.25, 0.3) is 0 Å². The molecule has 0 saturated heterocycles. The molecule has 0 radical (unpaired) electrons. The highest BCUT2D eigenvalue weighted by atomic mass is 15.3. The molecule has 2 heterocycles. The molecule has 2 aromatic rings. The highest BCUT2D eigenvalue weighted by molar-refractivity contribution is 5.38. The molecule has 1 aromatic heterocycles. The van der Waals surface area contributed by atoms with Gasteiger partial charge in [-0.25, -0.2) is 4.68 Å². The summed E-state index contributed by atoms with van der Waals surface area (Å²) in [6.45, 7) is 6.10. The van der Waals surface area contributed by atoms with Crippen LogP contribution in [-0.2, 0) is 13.0 Å². The Morgan fingerprint density at radius 3 is 2.88 bits per heavy atom. The summed E-state index contributed by atoms with van der Waals surface area (Å²) in [6.07, 6.45) is 1.06. The Hall–Kier alpha value is -1.85. The van der Waals surface area contributed by atoms with Gasteiger partial charge in [-0.1, -0.05) is 30.3 Å². The number of likely N-dealkylation sites (N-methyl/N-ethyl adjacent to an activating group) is 1. The molecular formula is C19H29N5.